The smallest absolute Gasteiger partial charge is 0.271 e. The van der Waals surface area contributed by atoms with Crippen LogP contribution in [0.15, 0.2) is 111 Å². The Balaban J connectivity index is 1.50. The van der Waals surface area contributed by atoms with Crippen LogP contribution in [0, 0.1) is 0 Å². The van der Waals surface area contributed by atoms with Gasteiger partial charge >= 0.3 is 0 Å². The molecule has 6 heteroatoms. The molecule has 0 aliphatic carbocycles. The number of furan rings is 1. The highest BCUT2D eigenvalue weighted by atomic mass is 35.5. The Morgan fingerprint density at radius 3 is 2.38 bits per heavy atom. The number of thioether (sulfide) groups is 1. The molecule has 156 valence electrons. The fourth-order valence-electron chi connectivity index (χ4n) is 3.32. The van der Waals surface area contributed by atoms with Crippen LogP contribution in [0.3, 0.4) is 0 Å². The van der Waals surface area contributed by atoms with Crippen molar-refractivity contribution in [2.75, 3.05) is 4.90 Å². The summed E-state index contributed by atoms with van der Waals surface area (Å²) in [5.74, 6) is 1.13. The average Bonchev–Trinajstić information content (AvgIpc) is 3.40. The van der Waals surface area contributed by atoms with Gasteiger partial charge in [-0.2, -0.15) is 0 Å². The summed E-state index contributed by atoms with van der Waals surface area (Å²) in [7, 11) is 0. The van der Waals surface area contributed by atoms with E-state index < -0.39 is 0 Å². The number of benzene rings is 3. The standard InChI is InChI=1S/C26H17ClN2O2S/c27-19-9-7-8-18(16-19)23-15-14-22(31-23)17-24-25(30)29(21-12-5-2-6-13-21)26(32-24)28-20-10-3-1-4-11-20/h1-17H. The van der Waals surface area contributed by atoms with Gasteiger partial charge in [0, 0.05) is 16.7 Å². The maximum absolute atomic E-state index is 13.3. The summed E-state index contributed by atoms with van der Waals surface area (Å²) in [5.41, 5.74) is 2.43. The van der Waals surface area contributed by atoms with Crippen LogP contribution >= 0.6 is 23.4 Å². The topological polar surface area (TPSA) is 45.8 Å². The van der Waals surface area contributed by atoms with Crippen LogP contribution in [0.5, 0.6) is 0 Å². The molecule has 4 nitrogen and oxygen atoms in total. The van der Waals surface area contributed by atoms with E-state index in [1.807, 2.05) is 97.1 Å². The number of amides is 1. The third kappa shape index (κ3) is 4.26. The lowest BCUT2D eigenvalue weighted by atomic mass is 10.2. The Morgan fingerprint density at radius 2 is 1.62 bits per heavy atom. The summed E-state index contributed by atoms with van der Waals surface area (Å²) in [4.78, 5) is 20.2. The number of carbonyl (C=O) groups excluding carboxylic acids is 1. The first-order valence-electron chi connectivity index (χ1n) is 9.96. The van der Waals surface area contributed by atoms with Crippen molar-refractivity contribution in [3.05, 3.63) is 113 Å². The highest BCUT2D eigenvalue weighted by Crippen LogP contribution is 2.37. The van der Waals surface area contributed by atoms with Gasteiger partial charge in [0.2, 0.25) is 0 Å². The van der Waals surface area contributed by atoms with Crippen LogP contribution in [0.4, 0.5) is 11.4 Å². The molecule has 3 aromatic carbocycles. The maximum atomic E-state index is 13.3. The van der Waals surface area contributed by atoms with E-state index in [0.29, 0.717) is 26.6 Å². The molecule has 0 atom stereocenters. The third-order valence-electron chi connectivity index (χ3n) is 4.81. The first-order chi connectivity index (χ1) is 15.7. The lowest BCUT2D eigenvalue weighted by Crippen LogP contribution is -2.28. The normalized spacial score (nSPS) is 16.3. The largest absolute Gasteiger partial charge is 0.457 e. The number of rotatable bonds is 4. The Bertz CT molecular complexity index is 1330. The van der Waals surface area contributed by atoms with Gasteiger partial charge in [-0.3, -0.25) is 9.69 Å². The Labute approximate surface area is 194 Å². The van der Waals surface area contributed by atoms with E-state index in [4.69, 9.17) is 21.0 Å². The van der Waals surface area contributed by atoms with Gasteiger partial charge < -0.3 is 4.42 Å². The molecule has 32 heavy (non-hydrogen) atoms. The molecule has 0 N–H and O–H groups in total. The summed E-state index contributed by atoms with van der Waals surface area (Å²) in [6, 6.07) is 30.3. The average molecular weight is 457 g/mol. The van der Waals surface area contributed by atoms with Gasteiger partial charge in [0.1, 0.15) is 11.5 Å². The Morgan fingerprint density at radius 1 is 0.875 bits per heavy atom. The molecule has 0 bridgehead atoms. The zero-order valence-corrected chi connectivity index (χ0v) is 18.4. The van der Waals surface area contributed by atoms with E-state index >= 15 is 0 Å². The molecule has 1 aromatic heterocycles. The number of anilines is 1. The number of halogens is 1. The van der Waals surface area contributed by atoms with Crippen LogP contribution in [-0.4, -0.2) is 11.1 Å². The van der Waals surface area contributed by atoms with Crippen LogP contribution in [0.1, 0.15) is 5.76 Å². The summed E-state index contributed by atoms with van der Waals surface area (Å²) >= 11 is 7.42. The molecular weight excluding hydrogens is 440 g/mol. The molecule has 1 saturated heterocycles. The SMILES string of the molecule is O=C1C(=Cc2ccc(-c3cccc(Cl)c3)o2)SC(=Nc2ccccc2)N1c1ccccc1. The molecule has 1 fully saturated rings. The number of amidine groups is 1. The van der Waals surface area contributed by atoms with Crippen molar-refractivity contribution in [3.8, 4) is 11.3 Å². The third-order valence-corrected chi connectivity index (χ3v) is 6.01. The Kier molecular flexibility index (Phi) is 5.67. The minimum Gasteiger partial charge on any atom is -0.457 e. The van der Waals surface area contributed by atoms with Crippen molar-refractivity contribution in [2.24, 2.45) is 4.99 Å². The van der Waals surface area contributed by atoms with E-state index in [0.717, 1.165) is 16.9 Å². The van der Waals surface area contributed by atoms with E-state index in [-0.39, 0.29) is 5.91 Å². The van der Waals surface area contributed by atoms with Gasteiger partial charge in [0.25, 0.3) is 5.91 Å². The molecule has 1 amide bonds. The molecule has 2 heterocycles. The molecule has 1 aliphatic rings. The first kappa shape index (κ1) is 20.4. The van der Waals surface area contributed by atoms with Crippen LogP contribution in [0.25, 0.3) is 17.4 Å². The lowest BCUT2D eigenvalue weighted by Gasteiger charge is -2.15. The van der Waals surface area contributed by atoms with Crippen molar-refractivity contribution < 1.29 is 9.21 Å². The predicted molar refractivity (Wildman–Crippen MR) is 132 cm³/mol. The van der Waals surface area contributed by atoms with Crippen molar-refractivity contribution in [1.82, 2.24) is 0 Å². The molecule has 1 aliphatic heterocycles. The van der Waals surface area contributed by atoms with Crippen molar-refractivity contribution in [3.63, 3.8) is 0 Å². The molecule has 0 saturated carbocycles. The quantitative estimate of drug-likeness (QED) is 0.300. The molecular formula is C26H17ClN2O2S. The molecule has 5 rings (SSSR count). The number of hydrogen-bond donors (Lipinski definition) is 0. The van der Waals surface area contributed by atoms with Gasteiger partial charge in [-0.15, -0.1) is 0 Å². The van der Waals surface area contributed by atoms with Crippen LogP contribution in [-0.2, 0) is 4.79 Å². The molecule has 4 aromatic rings. The fraction of sp³-hybridized carbons (Fsp3) is 0. The van der Waals surface area contributed by atoms with Crippen molar-refractivity contribution in [2.45, 2.75) is 0 Å². The zero-order chi connectivity index (χ0) is 21.9. The monoisotopic (exact) mass is 456 g/mol. The summed E-state index contributed by atoms with van der Waals surface area (Å²) < 4.78 is 5.97. The Hall–Kier alpha value is -3.54. The van der Waals surface area contributed by atoms with E-state index in [1.165, 1.54) is 11.8 Å². The van der Waals surface area contributed by atoms with Gasteiger partial charge in [0.05, 0.1) is 16.3 Å². The number of para-hydroxylation sites is 2. The fourth-order valence-corrected chi connectivity index (χ4v) is 4.49. The number of carbonyl (C=O) groups is 1. The number of aliphatic imine (C=N–C) groups is 1. The van der Waals surface area contributed by atoms with Gasteiger partial charge in [-0.25, -0.2) is 4.99 Å². The second kappa shape index (κ2) is 8.91. The maximum Gasteiger partial charge on any atom is 0.271 e. The second-order valence-corrected chi connectivity index (χ2v) is 8.47. The highest BCUT2D eigenvalue weighted by molar-refractivity contribution is 8.19. The molecule has 0 unspecified atom stereocenters. The highest BCUT2D eigenvalue weighted by Gasteiger charge is 2.35. The van der Waals surface area contributed by atoms with E-state index in [1.54, 1.807) is 11.0 Å². The number of nitrogens with zero attached hydrogens (tertiary/aromatic N) is 2. The van der Waals surface area contributed by atoms with Gasteiger partial charge in [-0.1, -0.05) is 60.1 Å². The summed E-state index contributed by atoms with van der Waals surface area (Å²) in [6.07, 6.45) is 1.75. The minimum atomic E-state index is -0.142. The van der Waals surface area contributed by atoms with Gasteiger partial charge in [-0.05, 0) is 60.3 Å². The van der Waals surface area contributed by atoms with Crippen LogP contribution < -0.4 is 4.90 Å². The summed E-state index contributed by atoms with van der Waals surface area (Å²) in [6.45, 7) is 0. The van der Waals surface area contributed by atoms with Gasteiger partial charge in [0.15, 0.2) is 5.17 Å². The molecule has 0 spiro atoms. The van der Waals surface area contributed by atoms with Crippen molar-refractivity contribution in [1.29, 1.82) is 0 Å². The number of hydrogen-bond acceptors (Lipinski definition) is 4. The van der Waals surface area contributed by atoms with Crippen LogP contribution in [0.2, 0.25) is 5.02 Å². The lowest BCUT2D eigenvalue weighted by molar-refractivity contribution is -0.113. The van der Waals surface area contributed by atoms with E-state index in [2.05, 4.69) is 0 Å². The zero-order valence-electron chi connectivity index (χ0n) is 16.8. The minimum absolute atomic E-state index is 0.142. The summed E-state index contributed by atoms with van der Waals surface area (Å²) in [5, 5.41) is 1.24. The van der Waals surface area contributed by atoms with E-state index in [9.17, 15) is 4.79 Å². The predicted octanol–water partition coefficient (Wildman–Crippen LogP) is 7.41. The molecule has 0 radical (unpaired) electrons. The second-order valence-electron chi connectivity index (χ2n) is 7.03. The first-order valence-corrected chi connectivity index (χ1v) is 11.2. The van der Waals surface area contributed by atoms with Crippen molar-refractivity contribution >= 4 is 51.9 Å².